The fourth-order valence-electron chi connectivity index (χ4n) is 4.94. The number of fused-ring (bicyclic) bond motifs is 4. The van der Waals surface area contributed by atoms with Gasteiger partial charge in [0.1, 0.15) is 23.2 Å². The molecule has 8 heteroatoms. The molecule has 7 nitrogen and oxygen atoms in total. The Bertz CT molecular complexity index is 1300. The Labute approximate surface area is 210 Å². The molecule has 2 N–H and O–H groups in total. The molecular weight excluding hydrogens is 462 g/mol. The van der Waals surface area contributed by atoms with E-state index < -0.39 is 17.7 Å². The maximum absolute atomic E-state index is 13.9. The van der Waals surface area contributed by atoms with Gasteiger partial charge in [-0.1, -0.05) is 12.1 Å². The second kappa shape index (κ2) is 8.78. The smallest absolute Gasteiger partial charge is 0.236 e. The molecular formula is C27H27N3O4S. The second-order valence-electron chi connectivity index (χ2n) is 8.86. The number of ether oxygens (including phenoxy) is 3. The lowest BCUT2D eigenvalue weighted by Crippen LogP contribution is -2.72. The van der Waals surface area contributed by atoms with E-state index in [1.54, 1.807) is 14.2 Å². The highest BCUT2D eigenvalue weighted by Gasteiger charge is 2.59. The molecule has 0 radical (unpaired) electrons. The number of anilines is 2. The molecule has 3 aromatic carbocycles. The Hall–Kier alpha value is -3.78. The molecule has 0 spiro atoms. The van der Waals surface area contributed by atoms with Crippen LogP contribution in [0.4, 0.5) is 11.4 Å². The zero-order valence-electron chi connectivity index (χ0n) is 20.0. The molecule has 2 heterocycles. The predicted octanol–water partition coefficient (Wildman–Crippen LogP) is 4.81. The summed E-state index contributed by atoms with van der Waals surface area (Å²) in [5, 5.41) is 6.97. The van der Waals surface area contributed by atoms with Crippen LogP contribution in [0.15, 0.2) is 66.7 Å². The number of methoxy groups -OCH3 is 2. The maximum Gasteiger partial charge on any atom is 0.236 e. The number of carbonyl (C=O) groups excluding carboxylic acids is 1. The van der Waals surface area contributed by atoms with Crippen molar-refractivity contribution in [3.63, 3.8) is 0 Å². The molecule has 1 fully saturated rings. The van der Waals surface area contributed by atoms with Gasteiger partial charge in [-0.15, -0.1) is 0 Å². The molecule has 3 atom stereocenters. The zero-order valence-corrected chi connectivity index (χ0v) is 20.8. The number of benzene rings is 3. The van der Waals surface area contributed by atoms with Crippen molar-refractivity contribution in [1.29, 1.82) is 0 Å². The first-order valence-electron chi connectivity index (χ1n) is 11.3. The first-order chi connectivity index (χ1) is 16.8. The normalized spacial score (nSPS) is 22.4. The van der Waals surface area contributed by atoms with Crippen LogP contribution in [0.5, 0.6) is 17.2 Å². The summed E-state index contributed by atoms with van der Waals surface area (Å²) in [7, 11) is 3.22. The van der Waals surface area contributed by atoms with Gasteiger partial charge in [0.2, 0.25) is 5.91 Å². The zero-order chi connectivity index (χ0) is 24.7. The average Bonchev–Trinajstić information content (AvgIpc) is 2.83. The van der Waals surface area contributed by atoms with Crippen LogP contribution in [-0.4, -0.2) is 31.0 Å². The third-order valence-corrected chi connectivity index (χ3v) is 6.91. The van der Waals surface area contributed by atoms with Crippen molar-refractivity contribution < 1.29 is 19.0 Å². The quantitative estimate of drug-likeness (QED) is 0.498. The Morgan fingerprint density at radius 2 is 1.77 bits per heavy atom. The number of thiocarbonyl (C=S) groups is 1. The van der Waals surface area contributed by atoms with E-state index in [1.807, 2.05) is 85.5 Å². The van der Waals surface area contributed by atoms with E-state index in [0.29, 0.717) is 28.0 Å². The van der Waals surface area contributed by atoms with Crippen LogP contribution in [0.2, 0.25) is 0 Å². The largest absolute Gasteiger partial charge is 0.497 e. The van der Waals surface area contributed by atoms with Crippen molar-refractivity contribution in [1.82, 2.24) is 5.32 Å². The topological polar surface area (TPSA) is 72.1 Å². The molecule has 1 amide bonds. The number of nitrogens with zero attached hydrogens (tertiary/aromatic N) is 1. The van der Waals surface area contributed by atoms with Crippen molar-refractivity contribution in [3.8, 4) is 17.2 Å². The van der Waals surface area contributed by atoms with Crippen LogP contribution in [0, 0.1) is 12.8 Å². The van der Waals surface area contributed by atoms with E-state index in [2.05, 4.69) is 10.6 Å². The molecule has 0 unspecified atom stereocenters. The Morgan fingerprint density at radius 1 is 1.06 bits per heavy atom. The molecule has 3 aromatic rings. The predicted molar refractivity (Wildman–Crippen MR) is 139 cm³/mol. The van der Waals surface area contributed by atoms with Crippen molar-refractivity contribution in [2.45, 2.75) is 25.6 Å². The molecule has 0 aromatic heterocycles. The Morgan fingerprint density at radius 3 is 2.46 bits per heavy atom. The van der Waals surface area contributed by atoms with Crippen LogP contribution in [-0.2, 0) is 4.79 Å². The molecule has 35 heavy (non-hydrogen) atoms. The third-order valence-electron chi connectivity index (χ3n) is 6.60. The molecule has 1 saturated heterocycles. The fourth-order valence-corrected chi connectivity index (χ4v) is 5.35. The number of aryl methyl sites for hydroxylation is 1. The summed E-state index contributed by atoms with van der Waals surface area (Å²) in [5.41, 5.74) is 2.33. The van der Waals surface area contributed by atoms with Gasteiger partial charge in [-0.05, 0) is 86.2 Å². The summed E-state index contributed by atoms with van der Waals surface area (Å²) < 4.78 is 17.3. The number of amides is 1. The number of hydrogen-bond donors (Lipinski definition) is 2. The van der Waals surface area contributed by atoms with Crippen LogP contribution in [0.1, 0.15) is 24.1 Å². The summed E-state index contributed by atoms with van der Waals surface area (Å²) in [5.74, 6) is 1.24. The number of nitrogens with one attached hydrogen (secondary N) is 2. The van der Waals surface area contributed by atoms with E-state index in [9.17, 15) is 4.79 Å². The van der Waals surface area contributed by atoms with Crippen molar-refractivity contribution >= 4 is 34.6 Å². The van der Waals surface area contributed by atoms with Gasteiger partial charge in [0.25, 0.3) is 0 Å². The summed E-state index contributed by atoms with van der Waals surface area (Å²) in [6.45, 7) is 3.94. The van der Waals surface area contributed by atoms with Gasteiger partial charge in [-0.25, -0.2) is 0 Å². The highest BCUT2D eigenvalue weighted by molar-refractivity contribution is 7.80. The Balaban J connectivity index is 1.60. The maximum atomic E-state index is 13.9. The van der Waals surface area contributed by atoms with E-state index in [-0.39, 0.29) is 5.91 Å². The summed E-state index contributed by atoms with van der Waals surface area (Å²) in [6.07, 6.45) is 0. The molecule has 2 aliphatic rings. The lowest BCUT2D eigenvalue weighted by Gasteiger charge is -2.56. The number of rotatable bonds is 5. The van der Waals surface area contributed by atoms with Gasteiger partial charge < -0.3 is 24.8 Å². The van der Waals surface area contributed by atoms with Crippen molar-refractivity contribution in [2.75, 3.05) is 24.4 Å². The summed E-state index contributed by atoms with van der Waals surface area (Å²) in [4.78, 5) is 15.8. The van der Waals surface area contributed by atoms with E-state index in [4.69, 9.17) is 26.4 Å². The van der Waals surface area contributed by atoms with E-state index in [0.717, 1.165) is 16.8 Å². The van der Waals surface area contributed by atoms with Crippen molar-refractivity contribution in [2.24, 2.45) is 5.92 Å². The minimum atomic E-state index is -1.08. The Kier molecular flexibility index (Phi) is 5.76. The molecule has 2 aliphatic heterocycles. The molecule has 180 valence electrons. The van der Waals surface area contributed by atoms with E-state index >= 15 is 0 Å². The van der Waals surface area contributed by atoms with E-state index in [1.165, 1.54) is 0 Å². The highest BCUT2D eigenvalue weighted by atomic mass is 32.1. The standard InChI is InChI=1S/C27H27N3O4S/c1-16-6-5-7-18(14-16)30-26(35)29-24-21-15-20(33-4)12-13-22(21)34-27(30,2)23(24)25(31)28-17-8-10-19(32-3)11-9-17/h5-15,23-24H,1-4H3,(H,28,31)(H,29,35)/t23-,24+,27+/m1/s1. The van der Waals surface area contributed by atoms with Crippen LogP contribution in [0.25, 0.3) is 0 Å². The van der Waals surface area contributed by atoms with Gasteiger partial charge in [-0.3, -0.25) is 9.69 Å². The van der Waals surface area contributed by atoms with Gasteiger partial charge in [-0.2, -0.15) is 0 Å². The highest BCUT2D eigenvalue weighted by Crippen LogP contribution is 2.50. The van der Waals surface area contributed by atoms with Crippen molar-refractivity contribution in [3.05, 3.63) is 77.9 Å². The number of hydrogen-bond acceptors (Lipinski definition) is 5. The SMILES string of the molecule is COc1ccc(NC(=O)[C@H]2[C@H]3NC(=S)N(c4cccc(C)c4)[C@@]2(C)Oc2ccc(OC)cc23)cc1. The average molecular weight is 490 g/mol. The van der Waals surface area contributed by atoms with Gasteiger partial charge >= 0.3 is 0 Å². The first kappa shape index (κ1) is 23.0. The van der Waals surface area contributed by atoms with Crippen LogP contribution < -0.4 is 29.7 Å². The lowest BCUT2D eigenvalue weighted by atomic mass is 9.78. The number of carbonyl (C=O) groups is 1. The summed E-state index contributed by atoms with van der Waals surface area (Å²) >= 11 is 5.82. The second-order valence-corrected chi connectivity index (χ2v) is 9.24. The minimum absolute atomic E-state index is 0.191. The third kappa shape index (κ3) is 3.93. The monoisotopic (exact) mass is 489 g/mol. The minimum Gasteiger partial charge on any atom is -0.497 e. The van der Waals surface area contributed by atoms with Crippen LogP contribution >= 0.6 is 12.2 Å². The first-order valence-corrected chi connectivity index (χ1v) is 11.7. The van der Waals surface area contributed by atoms with Gasteiger partial charge in [0.05, 0.1) is 20.3 Å². The summed E-state index contributed by atoms with van der Waals surface area (Å²) in [6, 6.07) is 20.4. The lowest BCUT2D eigenvalue weighted by molar-refractivity contribution is -0.130. The fraction of sp³-hybridized carbons (Fsp3) is 0.259. The molecule has 0 aliphatic carbocycles. The molecule has 5 rings (SSSR count). The molecule has 0 saturated carbocycles. The van der Waals surface area contributed by atoms with Crippen LogP contribution in [0.3, 0.4) is 0 Å². The molecule has 2 bridgehead atoms. The van der Waals surface area contributed by atoms with Gasteiger partial charge in [0, 0.05) is 16.9 Å². The van der Waals surface area contributed by atoms with Gasteiger partial charge in [0.15, 0.2) is 10.8 Å².